The average Bonchev–Trinajstić information content (AvgIpc) is 2.41. The number of aromatic nitrogens is 2. The van der Waals surface area contributed by atoms with Crippen molar-refractivity contribution in [2.45, 2.75) is 11.8 Å². The van der Waals surface area contributed by atoms with Crippen LogP contribution in [-0.4, -0.2) is 24.3 Å². The molecule has 0 aliphatic rings. The molecule has 0 radical (unpaired) electrons. The minimum absolute atomic E-state index is 0.0123. The predicted molar refractivity (Wildman–Crippen MR) is 78.6 cm³/mol. The van der Waals surface area contributed by atoms with Crippen LogP contribution in [0.1, 0.15) is 6.92 Å². The molecule has 9 heteroatoms. The molecule has 0 saturated heterocycles. The molecule has 0 fully saturated rings. The van der Waals surface area contributed by atoms with Crippen molar-refractivity contribution in [3.8, 4) is 0 Å². The maximum absolute atomic E-state index is 12.2. The van der Waals surface area contributed by atoms with Crippen molar-refractivity contribution >= 4 is 39.0 Å². The van der Waals surface area contributed by atoms with Crippen molar-refractivity contribution in [1.82, 2.24) is 9.97 Å². The van der Waals surface area contributed by atoms with Gasteiger partial charge >= 0.3 is 0 Å². The van der Waals surface area contributed by atoms with Gasteiger partial charge in [0.05, 0.1) is 4.90 Å². The monoisotopic (exact) mass is 326 g/mol. The van der Waals surface area contributed by atoms with E-state index in [1.54, 1.807) is 0 Å². The molecule has 1 amide bonds. The minimum Gasteiger partial charge on any atom is -0.326 e. The SMILES string of the molecule is CC(=O)Nc1ccc(S(=O)(=O)Nc2nccnc2Cl)cc1. The highest BCUT2D eigenvalue weighted by Gasteiger charge is 2.16. The number of nitrogens with zero attached hydrogens (tertiary/aromatic N) is 2. The van der Waals surface area contributed by atoms with Crippen LogP contribution >= 0.6 is 11.6 Å². The van der Waals surface area contributed by atoms with Crippen molar-refractivity contribution in [2.24, 2.45) is 0 Å². The number of hydrogen-bond donors (Lipinski definition) is 2. The molecule has 0 spiro atoms. The topological polar surface area (TPSA) is 101 Å². The van der Waals surface area contributed by atoms with E-state index in [1.165, 1.54) is 43.6 Å². The lowest BCUT2D eigenvalue weighted by Crippen LogP contribution is -2.14. The summed E-state index contributed by atoms with van der Waals surface area (Å²) in [6.07, 6.45) is 2.67. The number of hydrogen-bond acceptors (Lipinski definition) is 5. The van der Waals surface area contributed by atoms with Crippen LogP contribution in [0.3, 0.4) is 0 Å². The van der Waals surface area contributed by atoms with Gasteiger partial charge < -0.3 is 5.32 Å². The number of rotatable bonds is 4. The lowest BCUT2D eigenvalue weighted by molar-refractivity contribution is -0.114. The molecular weight excluding hydrogens is 316 g/mol. The summed E-state index contributed by atoms with van der Waals surface area (Å²) >= 11 is 5.75. The summed E-state index contributed by atoms with van der Waals surface area (Å²) in [7, 11) is -3.83. The van der Waals surface area contributed by atoms with Crippen LogP contribution in [0.2, 0.25) is 5.15 Å². The Morgan fingerprint density at radius 1 is 1.14 bits per heavy atom. The fraction of sp³-hybridized carbons (Fsp3) is 0.0833. The van der Waals surface area contributed by atoms with E-state index in [4.69, 9.17) is 11.6 Å². The van der Waals surface area contributed by atoms with Crippen molar-refractivity contribution < 1.29 is 13.2 Å². The predicted octanol–water partition coefficient (Wildman–Crippen LogP) is 1.89. The third-order valence-electron chi connectivity index (χ3n) is 2.37. The van der Waals surface area contributed by atoms with Gasteiger partial charge in [0.2, 0.25) is 5.91 Å². The van der Waals surface area contributed by atoms with Crippen LogP contribution in [0.15, 0.2) is 41.6 Å². The molecule has 2 aromatic rings. The van der Waals surface area contributed by atoms with Gasteiger partial charge in [0.15, 0.2) is 11.0 Å². The van der Waals surface area contributed by atoms with Gasteiger partial charge in [-0.1, -0.05) is 11.6 Å². The third-order valence-corrected chi connectivity index (χ3v) is 4.00. The Labute approximate surface area is 126 Å². The number of anilines is 2. The molecule has 0 bridgehead atoms. The Morgan fingerprint density at radius 3 is 2.33 bits per heavy atom. The second-order valence-electron chi connectivity index (χ2n) is 4.01. The first-order valence-corrected chi connectivity index (χ1v) is 7.61. The number of nitrogens with one attached hydrogen (secondary N) is 2. The second-order valence-corrected chi connectivity index (χ2v) is 6.05. The molecule has 2 N–H and O–H groups in total. The molecule has 2 rings (SSSR count). The molecule has 0 unspecified atom stereocenters. The summed E-state index contributed by atoms with van der Waals surface area (Å²) in [5.74, 6) is -0.292. The van der Waals surface area contributed by atoms with E-state index in [9.17, 15) is 13.2 Å². The van der Waals surface area contributed by atoms with Crippen LogP contribution in [0, 0.1) is 0 Å². The fourth-order valence-electron chi connectivity index (χ4n) is 1.50. The molecule has 1 aromatic heterocycles. The first-order chi connectivity index (χ1) is 9.88. The molecule has 0 aliphatic heterocycles. The highest BCUT2D eigenvalue weighted by molar-refractivity contribution is 7.92. The molecule has 7 nitrogen and oxygen atoms in total. The van der Waals surface area contributed by atoms with E-state index in [2.05, 4.69) is 20.0 Å². The summed E-state index contributed by atoms with van der Waals surface area (Å²) < 4.78 is 26.6. The zero-order valence-electron chi connectivity index (χ0n) is 10.9. The van der Waals surface area contributed by atoms with Crippen molar-refractivity contribution in [1.29, 1.82) is 0 Å². The zero-order valence-corrected chi connectivity index (χ0v) is 12.4. The summed E-state index contributed by atoms with van der Waals surface area (Å²) in [6.45, 7) is 1.36. The number of benzene rings is 1. The lowest BCUT2D eigenvalue weighted by Gasteiger charge is -2.08. The molecule has 0 atom stereocenters. The average molecular weight is 327 g/mol. The number of sulfonamides is 1. The second kappa shape index (κ2) is 6.06. The Balaban J connectivity index is 2.24. The molecule has 0 saturated carbocycles. The van der Waals surface area contributed by atoms with Crippen LogP contribution < -0.4 is 10.0 Å². The van der Waals surface area contributed by atoms with Gasteiger partial charge in [0.25, 0.3) is 10.0 Å². The molecule has 110 valence electrons. The van der Waals surface area contributed by atoms with E-state index in [0.717, 1.165) is 0 Å². The molecule has 1 heterocycles. The standard InChI is InChI=1S/C12H11ClN4O3S/c1-8(18)16-9-2-4-10(5-3-9)21(19,20)17-12-11(13)14-6-7-15-12/h2-7H,1H3,(H,15,17)(H,16,18). The zero-order chi connectivity index (χ0) is 15.5. The summed E-state index contributed by atoms with van der Waals surface area (Å²) in [4.78, 5) is 18.5. The molecule has 1 aromatic carbocycles. The van der Waals surface area contributed by atoms with Gasteiger partial charge in [-0.25, -0.2) is 18.4 Å². The maximum atomic E-state index is 12.2. The van der Waals surface area contributed by atoms with Crippen LogP contribution in [0.25, 0.3) is 0 Å². The smallest absolute Gasteiger partial charge is 0.263 e. The number of amides is 1. The number of halogens is 1. The highest BCUT2D eigenvalue weighted by atomic mass is 35.5. The summed E-state index contributed by atoms with van der Waals surface area (Å²) in [6, 6.07) is 5.68. The van der Waals surface area contributed by atoms with E-state index in [1.807, 2.05) is 0 Å². The summed E-state index contributed by atoms with van der Waals surface area (Å²) in [5, 5.41) is 2.50. The Bertz CT molecular complexity index is 762. The van der Waals surface area contributed by atoms with E-state index >= 15 is 0 Å². The van der Waals surface area contributed by atoms with Crippen LogP contribution in [0.5, 0.6) is 0 Å². The van der Waals surface area contributed by atoms with Crippen LogP contribution in [0.4, 0.5) is 11.5 Å². The largest absolute Gasteiger partial charge is 0.326 e. The van der Waals surface area contributed by atoms with Crippen molar-refractivity contribution in [2.75, 3.05) is 10.0 Å². The quantitative estimate of drug-likeness (QED) is 0.893. The first-order valence-electron chi connectivity index (χ1n) is 5.75. The van der Waals surface area contributed by atoms with E-state index in [0.29, 0.717) is 5.69 Å². The Hall–Kier alpha value is -2.19. The van der Waals surface area contributed by atoms with Crippen molar-refractivity contribution in [3.63, 3.8) is 0 Å². The Kier molecular flexibility index (Phi) is 4.39. The van der Waals surface area contributed by atoms with Gasteiger partial charge in [-0.05, 0) is 24.3 Å². The van der Waals surface area contributed by atoms with E-state index < -0.39 is 10.0 Å². The fourth-order valence-corrected chi connectivity index (χ4v) is 2.72. The van der Waals surface area contributed by atoms with Gasteiger partial charge in [-0.2, -0.15) is 0 Å². The highest BCUT2D eigenvalue weighted by Crippen LogP contribution is 2.20. The maximum Gasteiger partial charge on any atom is 0.263 e. The molecular formula is C12H11ClN4O3S. The van der Waals surface area contributed by atoms with Gasteiger partial charge in [-0.15, -0.1) is 0 Å². The van der Waals surface area contributed by atoms with Crippen LogP contribution in [-0.2, 0) is 14.8 Å². The summed E-state index contributed by atoms with van der Waals surface area (Å²) in [5.41, 5.74) is 0.499. The molecule has 21 heavy (non-hydrogen) atoms. The van der Waals surface area contributed by atoms with Gasteiger partial charge in [-0.3, -0.25) is 9.52 Å². The third kappa shape index (κ3) is 3.89. The van der Waals surface area contributed by atoms with Crippen molar-refractivity contribution in [3.05, 3.63) is 41.8 Å². The molecule has 0 aliphatic carbocycles. The minimum atomic E-state index is -3.83. The first kappa shape index (κ1) is 15.2. The van der Waals surface area contributed by atoms with Gasteiger partial charge in [0.1, 0.15) is 0 Å². The number of carbonyl (C=O) groups is 1. The van der Waals surface area contributed by atoms with E-state index in [-0.39, 0.29) is 21.8 Å². The lowest BCUT2D eigenvalue weighted by atomic mass is 10.3. The normalized spacial score (nSPS) is 11.0. The Morgan fingerprint density at radius 2 is 1.76 bits per heavy atom. The number of carbonyl (C=O) groups excluding carboxylic acids is 1. The van der Waals surface area contributed by atoms with Gasteiger partial charge in [0, 0.05) is 25.0 Å².